The van der Waals surface area contributed by atoms with Crippen LogP contribution >= 0.6 is 0 Å². The first-order chi connectivity index (χ1) is 7.40. The van der Waals surface area contributed by atoms with Crippen LogP contribution in [-0.4, -0.2) is 24.6 Å². The first-order valence-electron chi connectivity index (χ1n) is 5.13. The molecule has 3 heteroatoms. The van der Waals surface area contributed by atoms with Gasteiger partial charge in [-0.25, -0.2) is 0 Å². The van der Waals surface area contributed by atoms with Gasteiger partial charge in [-0.3, -0.25) is 9.79 Å². The van der Waals surface area contributed by atoms with E-state index in [1.54, 1.807) is 0 Å². The summed E-state index contributed by atoms with van der Waals surface area (Å²) in [6, 6.07) is 0.500. The quantitative estimate of drug-likeness (QED) is 0.677. The van der Waals surface area contributed by atoms with Gasteiger partial charge >= 0.3 is 0 Å². The summed E-state index contributed by atoms with van der Waals surface area (Å²) in [5.74, 6) is 0.561. The molecule has 1 fully saturated rings. The topological polar surface area (TPSA) is 41.5 Å². The van der Waals surface area contributed by atoms with Gasteiger partial charge in [0.05, 0.1) is 0 Å². The van der Waals surface area contributed by atoms with Gasteiger partial charge in [0.25, 0.3) is 0 Å². The third-order valence-corrected chi connectivity index (χ3v) is 3.31. The lowest BCUT2D eigenvalue weighted by Gasteiger charge is -2.23. The number of nitrogens with zero attached hydrogens (tertiary/aromatic N) is 1. The first kappa shape index (κ1) is 8.80. The molecule has 0 spiro atoms. The average Bonchev–Trinajstić information content (AvgIpc) is 2.67. The molecule has 0 aromatic rings. The number of hydrogen-bond acceptors (Lipinski definition) is 3. The molecular weight excluding hydrogens is 188 g/mol. The van der Waals surface area contributed by atoms with Gasteiger partial charge in [0.2, 0.25) is 6.29 Å². The summed E-state index contributed by atoms with van der Waals surface area (Å²) in [7, 11) is 0. The second-order valence-corrected chi connectivity index (χ2v) is 4.07. The molecule has 3 rings (SSSR count). The Morgan fingerprint density at radius 1 is 1.33 bits per heavy atom. The lowest BCUT2D eigenvalue weighted by atomic mass is 9.79. The van der Waals surface area contributed by atoms with Crippen molar-refractivity contribution in [1.29, 1.82) is 0 Å². The van der Waals surface area contributed by atoms with Crippen LogP contribution in [0.4, 0.5) is 0 Å². The number of rotatable bonds is 1. The van der Waals surface area contributed by atoms with Crippen molar-refractivity contribution in [3.8, 4) is 0 Å². The van der Waals surface area contributed by atoms with Gasteiger partial charge in [-0.1, -0.05) is 24.3 Å². The second kappa shape index (κ2) is 3.28. The summed E-state index contributed by atoms with van der Waals surface area (Å²) >= 11 is 0. The highest BCUT2D eigenvalue weighted by Gasteiger charge is 2.43. The van der Waals surface area contributed by atoms with E-state index in [4.69, 9.17) is 0 Å². The fraction of sp³-hybridized carbons (Fsp3) is 0.333. The van der Waals surface area contributed by atoms with Gasteiger partial charge in [-0.2, -0.15) is 0 Å². The largest absolute Gasteiger partial charge is 0.302 e. The van der Waals surface area contributed by atoms with Crippen LogP contribution < -0.4 is 5.32 Å². The van der Waals surface area contributed by atoms with E-state index in [0.717, 1.165) is 5.57 Å². The predicted octanol–water partition coefficient (Wildman–Crippen LogP) is 0.763. The zero-order valence-corrected chi connectivity index (χ0v) is 8.13. The summed E-state index contributed by atoms with van der Waals surface area (Å²) in [6.45, 7) is 0. The second-order valence-electron chi connectivity index (χ2n) is 4.07. The first-order valence-corrected chi connectivity index (χ1v) is 5.13. The van der Waals surface area contributed by atoms with Crippen LogP contribution in [0.5, 0.6) is 0 Å². The summed E-state index contributed by atoms with van der Waals surface area (Å²) in [4.78, 5) is 15.0. The normalized spacial score (nSPS) is 40.9. The SMILES string of the molecule is O=[C]C1=CC=CC2NC3C=NC=CC3C12. The number of aliphatic imine (C=N–C) groups is 1. The zero-order valence-electron chi connectivity index (χ0n) is 8.13. The summed E-state index contributed by atoms with van der Waals surface area (Å²) in [6.07, 6.45) is 13.7. The van der Waals surface area contributed by atoms with Crippen molar-refractivity contribution in [3.63, 3.8) is 0 Å². The molecule has 1 radical (unpaired) electrons. The van der Waals surface area contributed by atoms with Crippen LogP contribution in [0.25, 0.3) is 0 Å². The molecule has 1 saturated heterocycles. The van der Waals surface area contributed by atoms with E-state index in [1.165, 1.54) is 0 Å². The van der Waals surface area contributed by atoms with Crippen molar-refractivity contribution in [3.05, 3.63) is 36.1 Å². The Hall–Kier alpha value is -1.48. The fourth-order valence-electron chi connectivity index (χ4n) is 2.64. The Labute approximate surface area is 88.3 Å². The third kappa shape index (κ3) is 1.23. The highest BCUT2D eigenvalue weighted by molar-refractivity contribution is 5.78. The Kier molecular flexibility index (Phi) is 1.92. The van der Waals surface area contributed by atoms with E-state index in [-0.39, 0.29) is 18.0 Å². The predicted molar refractivity (Wildman–Crippen MR) is 58.2 cm³/mol. The molecule has 3 aliphatic rings. The standard InChI is InChI=1S/C12H11N2O/c15-7-8-2-1-3-10-12(8)9-4-5-13-6-11(9)14-10/h1-6,9-12,14H. The van der Waals surface area contributed by atoms with E-state index in [1.807, 2.05) is 30.9 Å². The van der Waals surface area contributed by atoms with Gasteiger partial charge in [-0.05, 0) is 0 Å². The van der Waals surface area contributed by atoms with E-state index < -0.39 is 0 Å². The van der Waals surface area contributed by atoms with E-state index in [2.05, 4.69) is 22.5 Å². The molecule has 1 aliphatic carbocycles. The summed E-state index contributed by atoms with van der Waals surface area (Å²) in [5, 5.41) is 3.45. The molecule has 0 aromatic carbocycles. The Morgan fingerprint density at radius 2 is 2.27 bits per heavy atom. The number of nitrogens with one attached hydrogen (secondary N) is 1. The monoisotopic (exact) mass is 199 g/mol. The number of hydrogen-bond donors (Lipinski definition) is 1. The number of allylic oxidation sites excluding steroid dienone is 2. The summed E-state index contributed by atoms with van der Waals surface area (Å²) in [5.41, 5.74) is 0.766. The molecule has 75 valence electrons. The van der Waals surface area contributed by atoms with Gasteiger partial charge in [0, 0.05) is 41.9 Å². The minimum absolute atomic E-state index is 0.223. The van der Waals surface area contributed by atoms with E-state index in [0.29, 0.717) is 5.92 Å². The van der Waals surface area contributed by atoms with Crippen LogP contribution in [0.15, 0.2) is 41.1 Å². The third-order valence-electron chi connectivity index (χ3n) is 3.31. The number of carbonyl (C=O) groups excluding carboxylic acids is 1. The molecule has 15 heavy (non-hydrogen) atoms. The fourth-order valence-corrected chi connectivity index (χ4v) is 2.64. The molecule has 2 aliphatic heterocycles. The highest BCUT2D eigenvalue weighted by atomic mass is 16.1. The maximum atomic E-state index is 10.9. The molecule has 0 bridgehead atoms. The Bertz CT molecular complexity index is 406. The maximum Gasteiger partial charge on any atom is 0.229 e. The molecule has 4 atom stereocenters. The molecule has 3 nitrogen and oxygen atoms in total. The number of fused-ring (bicyclic) bond motifs is 3. The van der Waals surface area contributed by atoms with Crippen LogP contribution in [0, 0.1) is 11.8 Å². The Balaban J connectivity index is 1.99. The zero-order chi connectivity index (χ0) is 10.3. The lowest BCUT2D eigenvalue weighted by molar-refractivity contribution is 0.502. The molecule has 0 amide bonds. The smallest absolute Gasteiger partial charge is 0.229 e. The van der Waals surface area contributed by atoms with E-state index >= 15 is 0 Å². The molecule has 0 aromatic heterocycles. The molecule has 0 saturated carbocycles. The molecule has 2 heterocycles. The average molecular weight is 199 g/mol. The molecule has 4 unspecified atom stereocenters. The van der Waals surface area contributed by atoms with Gasteiger partial charge in [0.15, 0.2) is 0 Å². The highest BCUT2D eigenvalue weighted by Crippen LogP contribution is 2.36. The van der Waals surface area contributed by atoms with Crippen molar-refractivity contribution in [2.45, 2.75) is 12.1 Å². The Morgan fingerprint density at radius 3 is 3.13 bits per heavy atom. The van der Waals surface area contributed by atoms with Crippen molar-refractivity contribution in [1.82, 2.24) is 5.32 Å². The minimum Gasteiger partial charge on any atom is -0.302 e. The van der Waals surface area contributed by atoms with E-state index in [9.17, 15) is 4.79 Å². The van der Waals surface area contributed by atoms with Crippen LogP contribution in [0.3, 0.4) is 0 Å². The van der Waals surface area contributed by atoms with Gasteiger partial charge < -0.3 is 5.32 Å². The van der Waals surface area contributed by atoms with Crippen molar-refractivity contribution >= 4 is 12.5 Å². The van der Waals surface area contributed by atoms with Gasteiger partial charge in [0.1, 0.15) is 0 Å². The van der Waals surface area contributed by atoms with Crippen molar-refractivity contribution in [2.75, 3.05) is 0 Å². The van der Waals surface area contributed by atoms with Gasteiger partial charge in [-0.15, -0.1) is 0 Å². The summed E-state index contributed by atoms with van der Waals surface area (Å²) < 4.78 is 0. The molecule has 1 N–H and O–H groups in total. The van der Waals surface area contributed by atoms with Crippen LogP contribution in [0.1, 0.15) is 0 Å². The maximum absolute atomic E-state index is 10.9. The van der Waals surface area contributed by atoms with Crippen LogP contribution in [-0.2, 0) is 4.79 Å². The lowest BCUT2D eigenvalue weighted by Crippen LogP contribution is -2.32. The minimum atomic E-state index is 0.223. The molecular formula is C12H11N2O. The van der Waals surface area contributed by atoms with Crippen LogP contribution in [0.2, 0.25) is 0 Å². The van der Waals surface area contributed by atoms with Crippen molar-refractivity contribution in [2.24, 2.45) is 16.8 Å². The van der Waals surface area contributed by atoms with Crippen molar-refractivity contribution < 1.29 is 4.79 Å².